The van der Waals surface area contributed by atoms with E-state index in [2.05, 4.69) is 0 Å². The monoisotopic (exact) mass is 343 g/mol. The summed E-state index contributed by atoms with van der Waals surface area (Å²) in [7, 11) is -4.13. The van der Waals surface area contributed by atoms with E-state index in [1.54, 1.807) is 12.2 Å². The van der Waals surface area contributed by atoms with E-state index in [9.17, 15) is 18.3 Å². The highest BCUT2D eigenvalue weighted by atomic mass is 32.2. The highest BCUT2D eigenvalue weighted by Gasteiger charge is 2.37. The number of phenolic OH excluding ortho intramolecular Hbond substituents is 1. The van der Waals surface area contributed by atoms with Crippen LogP contribution < -0.4 is 0 Å². The van der Waals surface area contributed by atoms with E-state index in [0.717, 1.165) is 9.87 Å². The first-order chi connectivity index (χ1) is 11.5. The number of benzene rings is 2. The van der Waals surface area contributed by atoms with Gasteiger partial charge in [-0.2, -0.15) is 0 Å². The number of hydrogen-bond acceptors (Lipinski definition) is 4. The molecule has 0 radical (unpaired) electrons. The summed E-state index contributed by atoms with van der Waals surface area (Å²) < 4.78 is 26.7. The number of sulfonamides is 1. The van der Waals surface area contributed by atoms with Gasteiger partial charge in [-0.1, -0.05) is 54.6 Å². The van der Waals surface area contributed by atoms with E-state index in [1.807, 2.05) is 30.3 Å². The topological polar surface area (TPSA) is 74.7 Å². The molecule has 2 aromatic carbocycles. The average molecular weight is 343 g/mol. The van der Waals surface area contributed by atoms with Crippen LogP contribution in [0.2, 0.25) is 0 Å². The molecule has 0 aliphatic carbocycles. The lowest BCUT2D eigenvalue weighted by atomic mass is 10.0. The number of rotatable bonds is 4. The Hall–Kier alpha value is -2.60. The average Bonchev–Trinajstić information content (AvgIpc) is 2.56. The molecule has 2 aromatic rings. The third-order valence-electron chi connectivity index (χ3n) is 3.89. The third kappa shape index (κ3) is 3.05. The molecule has 24 heavy (non-hydrogen) atoms. The minimum absolute atomic E-state index is 0.0259. The zero-order valence-corrected chi connectivity index (χ0v) is 13.7. The fourth-order valence-corrected chi connectivity index (χ4v) is 4.42. The van der Waals surface area contributed by atoms with Crippen LogP contribution in [0.5, 0.6) is 5.75 Å². The summed E-state index contributed by atoms with van der Waals surface area (Å²) in [5, 5.41) is 9.90. The van der Waals surface area contributed by atoms with E-state index in [-0.39, 0.29) is 17.1 Å². The molecule has 1 amide bonds. The van der Waals surface area contributed by atoms with Crippen molar-refractivity contribution in [1.29, 1.82) is 0 Å². The van der Waals surface area contributed by atoms with Crippen molar-refractivity contribution in [2.75, 3.05) is 0 Å². The molecule has 124 valence electrons. The minimum atomic E-state index is -4.13. The highest BCUT2D eigenvalue weighted by Crippen LogP contribution is 2.29. The van der Waals surface area contributed by atoms with Gasteiger partial charge in [-0.25, -0.2) is 12.7 Å². The predicted octanol–water partition coefficient (Wildman–Crippen LogP) is 2.48. The molecule has 0 aromatic heterocycles. The summed E-state index contributed by atoms with van der Waals surface area (Å²) in [4.78, 5) is 12.1. The van der Waals surface area contributed by atoms with E-state index in [0.29, 0.717) is 6.42 Å². The lowest BCUT2D eigenvalue weighted by Crippen LogP contribution is -2.46. The van der Waals surface area contributed by atoms with Crippen molar-refractivity contribution in [1.82, 2.24) is 4.31 Å². The maximum absolute atomic E-state index is 12.9. The van der Waals surface area contributed by atoms with Gasteiger partial charge in [0, 0.05) is 6.42 Å². The fraction of sp³-hybridized carbons (Fsp3) is 0.167. The Kier molecular flexibility index (Phi) is 4.40. The molecular formula is C18H17NO4S. The molecular weight excluding hydrogens is 326 g/mol. The summed E-state index contributed by atoms with van der Waals surface area (Å²) in [6, 6.07) is 14.4. The van der Waals surface area contributed by atoms with Crippen molar-refractivity contribution in [2.45, 2.75) is 23.8 Å². The van der Waals surface area contributed by atoms with Crippen LogP contribution in [0.4, 0.5) is 0 Å². The van der Waals surface area contributed by atoms with Crippen molar-refractivity contribution in [2.24, 2.45) is 0 Å². The second-order valence-electron chi connectivity index (χ2n) is 5.55. The summed E-state index contributed by atoms with van der Waals surface area (Å²) >= 11 is 0. The SMILES string of the molecule is O=C1CC=C[C@H](Cc2ccccc2)N1S(=O)(=O)c1ccccc1O. The Bertz CT molecular complexity index is 875. The largest absolute Gasteiger partial charge is 0.507 e. The lowest BCUT2D eigenvalue weighted by molar-refractivity contribution is -0.127. The second-order valence-corrected chi connectivity index (χ2v) is 7.34. The Morgan fingerprint density at radius 2 is 1.71 bits per heavy atom. The van der Waals surface area contributed by atoms with Gasteiger partial charge in [0.25, 0.3) is 10.0 Å². The zero-order chi connectivity index (χ0) is 17.2. The summed E-state index contributed by atoms with van der Waals surface area (Å²) in [5.74, 6) is -0.861. The molecule has 1 atom stereocenters. The first-order valence-corrected chi connectivity index (χ1v) is 9.00. The molecule has 0 fully saturated rings. The molecule has 1 aliphatic rings. The molecule has 1 N–H and O–H groups in total. The smallest absolute Gasteiger partial charge is 0.270 e. The number of amides is 1. The fourth-order valence-electron chi connectivity index (χ4n) is 2.78. The summed E-state index contributed by atoms with van der Waals surface area (Å²) in [5.41, 5.74) is 0.930. The highest BCUT2D eigenvalue weighted by molar-refractivity contribution is 7.89. The second kappa shape index (κ2) is 6.49. The van der Waals surface area contributed by atoms with Crippen LogP contribution in [0.1, 0.15) is 12.0 Å². The number of phenols is 1. The first-order valence-electron chi connectivity index (χ1n) is 7.56. The lowest BCUT2D eigenvalue weighted by Gasteiger charge is -2.31. The molecule has 1 aliphatic heterocycles. The van der Waals surface area contributed by atoms with Crippen LogP contribution >= 0.6 is 0 Å². The van der Waals surface area contributed by atoms with Crippen molar-refractivity contribution in [3.05, 3.63) is 72.3 Å². The maximum Gasteiger partial charge on any atom is 0.270 e. The molecule has 0 unspecified atom stereocenters. The first kappa shape index (κ1) is 16.3. The van der Waals surface area contributed by atoms with Crippen LogP contribution in [0.3, 0.4) is 0 Å². The number of carbonyl (C=O) groups excluding carboxylic acids is 1. The molecule has 6 heteroatoms. The summed E-state index contributed by atoms with van der Waals surface area (Å²) in [6.07, 6.45) is 3.83. The van der Waals surface area contributed by atoms with Crippen LogP contribution in [0.25, 0.3) is 0 Å². The number of para-hydroxylation sites is 1. The van der Waals surface area contributed by atoms with Gasteiger partial charge in [0.2, 0.25) is 5.91 Å². The van der Waals surface area contributed by atoms with E-state index < -0.39 is 22.0 Å². The van der Waals surface area contributed by atoms with E-state index >= 15 is 0 Å². The van der Waals surface area contributed by atoms with Gasteiger partial charge in [0.05, 0.1) is 6.04 Å². The van der Waals surface area contributed by atoms with Gasteiger partial charge in [0.15, 0.2) is 0 Å². The van der Waals surface area contributed by atoms with Crippen molar-refractivity contribution in [3.8, 4) is 5.75 Å². The number of aromatic hydroxyl groups is 1. The van der Waals surface area contributed by atoms with Crippen LogP contribution in [-0.4, -0.2) is 29.8 Å². The standard InChI is InChI=1S/C18H17NO4S/c20-16-10-4-5-11-17(16)24(22,23)19-15(9-6-12-18(19)21)13-14-7-2-1-3-8-14/h1-11,15,20H,12-13H2/t15-/m1/s1. The minimum Gasteiger partial charge on any atom is -0.507 e. The zero-order valence-electron chi connectivity index (χ0n) is 12.9. The van der Waals surface area contributed by atoms with Gasteiger partial charge in [-0.15, -0.1) is 0 Å². The van der Waals surface area contributed by atoms with Gasteiger partial charge in [-0.05, 0) is 24.1 Å². The van der Waals surface area contributed by atoms with E-state index in [4.69, 9.17) is 0 Å². The molecule has 0 spiro atoms. The number of hydrogen-bond donors (Lipinski definition) is 1. The Morgan fingerprint density at radius 1 is 1.04 bits per heavy atom. The predicted molar refractivity (Wildman–Crippen MR) is 89.8 cm³/mol. The summed E-state index contributed by atoms with van der Waals surface area (Å²) in [6.45, 7) is 0. The van der Waals surface area contributed by atoms with Crippen molar-refractivity contribution < 1.29 is 18.3 Å². The van der Waals surface area contributed by atoms with Gasteiger partial charge < -0.3 is 5.11 Å². The molecule has 0 saturated carbocycles. The maximum atomic E-state index is 12.9. The van der Waals surface area contributed by atoms with Gasteiger partial charge in [0.1, 0.15) is 10.6 Å². The quantitative estimate of drug-likeness (QED) is 0.866. The molecule has 5 nitrogen and oxygen atoms in total. The van der Waals surface area contributed by atoms with Crippen molar-refractivity contribution in [3.63, 3.8) is 0 Å². The third-order valence-corrected chi connectivity index (χ3v) is 5.78. The van der Waals surface area contributed by atoms with Crippen LogP contribution in [0, 0.1) is 0 Å². The van der Waals surface area contributed by atoms with E-state index in [1.165, 1.54) is 24.3 Å². The Morgan fingerprint density at radius 3 is 2.42 bits per heavy atom. The molecule has 3 rings (SSSR count). The van der Waals surface area contributed by atoms with Crippen LogP contribution in [0.15, 0.2) is 71.6 Å². The normalized spacial score (nSPS) is 17.9. The van der Waals surface area contributed by atoms with Gasteiger partial charge >= 0.3 is 0 Å². The van der Waals surface area contributed by atoms with Gasteiger partial charge in [-0.3, -0.25) is 4.79 Å². The number of nitrogens with zero attached hydrogens (tertiary/aromatic N) is 1. The van der Waals surface area contributed by atoms with Crippen molar-refractivity contribution >= 4 is 15.9 Å². The Labute approximate surface area is 140 Å². The number of carbonyl (C=O) groups is 1. The van der Waals surface area contributed by atoms with Crippen LogP contribution in [-0.2, 0) is 21.2 Å². The Balaban J connectivity index is 2.01. The molecule has 0 bridgehead atoms. The molecule has 0 saturated heterocycles. The molecule has 1 heterocycles.